The maximum absolute atomic E-state index is 12.3. The quantitative estimate of drug-likeness (QED) is 0.599. The van der Waals surface area contributed by atoms with Crippen LogP contribution in [0.25, 0.3) is 0 Å². The Balaban J connectivity index is 2.51. The van der Waals surface area contributed by atoms with Gasteiger partial charge in [0.25, 0.3) is 5.69 Å². The number of rotatable bonds is 4. The van der Waals surface area contributed by atoms with E-state index in [1.807, 2.05) is 18.9 Å². The van der Waals surface area contributed by atoms with Gasteiger partial charge in [0.1, 0.15) is 0 Å². The lowest BCUT2D eigenvalue weighted by molar-refractivity contribution is -0.385. The average Bonchev–Trinajstić information content (AvgIpc) is 2.46. The molecule has 126 valence electrons. The number of non-ortho nitro benzene ring substituents is 1. The molecule has 8 nitrogen and oxygen atoms in total. The van der Waals surface area contributed by atoms with Crippen LogP contribution in [0.3, 0.4) is 0 Å². The smallest absolute Gasteiger partial charge is 0.272 e. The van der Waals surface area contributed by atoms with Gasteiger partial charge in [0, 0.05) is 31.0 Å². The number of nitrogens with zero attached hydrogens (tertiary/aromatic N) is 3. The van der Waals surface area contributed by atoms with E-state index in [0.717, 1.165) is 18.7 Å². The molecule has 23 heavy (non-hydrogen) atoms. The van der Waals surface area contributed by atoms with Crippen molar-refractivity contribution in [2.24, 2.45) is 0 Å². The van der Waals surface area contributed by atoms with E-state index >= 15 is 0 Å². The molecular weight excluding hydrogens is 322 g/mol. The Kier molecular flexibility index (Phi) is 4.71. The molecule has 1 atom stereocenters. The van der Waals surface area contributed by atoms with Crippen LogP contribution in [-0.2, 0) is 14.6 Å². The van der Waals surface area contributed by atoms with Crippen LogP contribution in [0.15, 0.2) is 23.1 Å². The van der Waals surface area contributed by atoms with Crippen molar-refractivity contribution in [3.05, 3.63) is 28.3 Å². The van der Waals surface area contributed by atoms with Gasteiger partial charge in [-0.3, -0.25) is 19.8 Å². The summed E-state index contributed by atoms with van der Waals surface area (Å²) in [5.74, 6) is -0.211. The normalized spacial score (nSPS) is 19.9. The van der Waals surface area contributed by atoms with Crippen molar-refractivity contribution in [1.82, 2.24) is 4.90 Å². The summed E-state index contributed by atoms with van der Waals surface area (Å²) in [4.78, 5) is 25.9. The van der Waals surface area contributed by atoms with Gasteiger partial charge >= 0.3 is 0 Å². The standard InChI is InChI=1S/C14H19N3O5S/c1-4-10-8-16(14(18)9-15(10)2)11-5-12(17(19)20)7-13(6-11)23(3,21)22/h5-7,10H,4,8-9H2,1-3H3. The number of piperazine rings is 1. The molecule has 9 heteroatoms. The second kappa shape index (κ2) is 6.25. The van der Waals surface area contributed by atoms with E-state index in [9.17, 15) is 23.3 Å². The van der Waals surface area contributed by atoms with Crippen molar-refractivity contribution in [2.45, 2.75) is 24.3 Å². The molecule has 1 aromatic rings. The zero-order chi connectivity index (χ0) is 17.4. The van der Waals surface area contributed by atoms with Gasteiger partial charge in [-0.2, -0.15) is 0 Å². The molecule has 1 aliphatic rings. The number of hydrogen-bond acceptors (Lipinski definition) is 6. The first-order valence-electron chi connectivity index (χ1n) is 7.13. The number of sulfone groups is 1. The van der Waals surface area contributed by atoms with Gasteiger partial charge in [-0.1, -0.05) is 6.92 Å². The van der Waals surface area contributed by atoms with Crippen molar-refractivity contribution in [2.75, 3.05) is 31.3 Å². The van der Waals surface area contributed by atoms with Crippen LogP contribution in [0.4, 0.5) is 11.4 Å². The topological polar surface area (TPSA) is 101 Å². The minimum atomic E-state index is -3.62. The summed E-state index contributed by atoms with van der Waals surface area (Å²) in [7, 11) is -1.77. The van der Waals surface area contributed by atoms with Gasteiger partial charge in [-0.25, -0.2) is 8.42 Å². The van der Waals surface area contributed by atoms with Crippen LogP contribution in [0.2, 0.25) is 0 Å². The zero-order valence-electron chi connectivity index (χ0n) is 13.2. The van der Waals surface area contributed by atoms with E-state index in [4.69, 9.17) is 0 Å². The first-order valence-corrected chi connectivity index (χ1v) is 9.02. The summed E-state index contributed by atoms with van der Waals surface area (Å²) in [5, 5.41) is 11.1. The molecule has 0 radical (unpaired) electrons. The number of likely N-dealkylation sites (N-methyl/N-ethyl adjacent to an activating group) is 1. The summed E-state index contributed by atoms with van der Waals surface area (Å²) in [6.45, 7) is 2.55. The highest BCUT2D eigenvalue weighted by Crippen LogP contribution is 2.29. The van der Waals surface area contributed by atoms with E-state index in [2.05, 4.69) is 0 Å². The minimum Gasteiger partial charge on any atom is -0.309 e. The second-order valence-electron chi connectivity index (χ2n) is 5.70. The summed E-state index contributed by atoms with van der Waals surface area (Å²) >= 11 is 0. The van der Waals surface area contributed by atoms with Crippen LogP contribution in [0, 0.1) is 10.1 Å². The predicted molar refractivity (Wildman–Crippen MR) is 85.3 cm³/mol. The monoisotopic (exact) mass is 341 g/mol. The maximum atomic E-state index is 12.3. The predicted octanol–water partition coefficient (Wildman–Crippen LogP) is 1.06. The number of carbonyl (C=O) groups is 1. The van der Waals surface area contributed by atoms with Gasteiger partial charge < -0.3 is 4.90 Å². The lowest BCUT2D eigenvalue weighted by Crippen LogP contribution is -2.54. The zero-order valence-corrected chi connectivity index (χ0v) is 14.0. The number of amides is 1. The fourth-order valence-corrected chi connectivity index (χ4v) is 3.28. The van der Waals surface area contributed by atoms with Gasteiger partial charge in [0.15, 0.2) is 9.84 Å². The van der Waals surface area contributed by atoms with Crippen LogP contribution in [0.5, 0.6) is 0 Å². The fraction of sp³-hybridized carbons (Fsp3) is 0.500. The average molecular weight is 341 g/mol. The SMILES string of the molecule is CCC1CN(c2cc([N+](=O)[O-])cc(S(C)(=O)=O)c2)C(=O)CN1C. The molecule has 0 saturated carbocycles. The molecule has 0 N–H and O–H groups in total. The molecule has 1 aliphatic heterocycles. The van der Waals surface area contributed by atoms with Crippen molar-refractivity contribution >= 4 is 27.1 Å². The third-order valence-electron chi connectivity index (χ3n) is 4.00. The number of carbonyl (C=O) groups excluding carboxylic acids is 1. The van der Waals surface area contributed by atoms with Crippen LogP contribution < -0.4 is 4.90 Å². The van der Waals surface area contributed by atoms with Crippen LogP contribution in [-0.4, -0.2) is 56.6 Å². The second-order valence-corrected chi connectivity index (χ2v) is 7.71. The summed E-state index contributed by atoms with van der Waals surface area (Å²) < 4.78 is 23.5. The van der Waals surface area contributed by atoms with E-state index < -0.39 is 14.8 Å². The van der Waals surface area contributed by atoms with Crippen molar-refractivity contribution in [3.63, 3.8) is 0 Å². The Hall–Kier alpha value is -2.00. The molecule has 2 rings (SSSR count). The first kappa shape index (κ1) is 17.4. The third kappa shape index (κ3) is 3.67. The summed E-state index contributed by atoms with van der Waals surface area (Å²) in [6, 6.07) is 3.69. The van der Waals surface area contributed by atoms with Crippen LogP contribution in [0.1, 0.15) is 13.3 Å². The van der Waals surface area contributed by atoms with E-state index in [1.165, 1.54) is 17.0 Å². The van der Waals surface area contributed by atoms with Crippen LogP contribution >= 0.6 is 0 Å². The molecule has 0 spiro atoms. The molecule has 1 saturated heterocycles. The van der Waals surface area contributed by atoms with Gasteiger partial charge in [0.05, 0.1) is 22.1 Å². The maximum Gasteiger partial charge on any atom is 0.272 e. The Morgan fingerprint density at radius 3 is 2.52 bits per heavy atom. The van der Waals surface area contributed by atoms with Gasteiger partial charge in [-0.15, -0.1) is 0 Å². The lowest BCUT2D eigenvalue weighted by Gasteiger charge is -2.38. The van der Waals surface area contributed by atoms with Crippen molar-refractivity contribution in [1.29, 1.82) is 0 Å². The van der Waals surface area contributed by atoms with Gasteiger partial charge in [0.2, 0.25) is 5.91 Å². The highest BCUT2D eigenvalue weighted by molar-refractivity contribution is 7.90. The number of nitro benzene ring substituents is 1. The Bertz CT molecular complexity index is 747. The van der Waals surface area contributed by atoms with Crippen molar-refractivity contribution < 1.29 is 18.1 Å². The number of benzene rings is 1. The first-order chi connectivity index (χ1) is 10.6. The minimum absolute atomic E-state index is 0.119. The van der Waals surface area contributed by atoms with Crippen molar-refractivity contribution in [3.8, 4) is 0 Å². The number of nitro groups is 1. The molecular formula is C14H19N3O5S. The molecule has 1 heterocycles. The van der Waals surface area contributed by atoms with Gasteiger partial charge in [-0.05, 0) is 19.5 Å². The Morgan fingerprint density at radius 2 is 2.00 bits per heavy atom. The van der Waals surface area contributed by atoms with E-state index in [1.54, 1.807) is 0 Å². The Morgan fingerprint density at radius 1 is 1.35 bits per heavy atom. The molecule has 1 amide bonds. The summed E-state index contributed by atoms with van der Waals surface area (Å²) in [5.41, 5.74) is -0.0983. The molecule has 1 aromatic carbocycles. The largest absolute Gasteiger partial charge is 0.309 e. The fourth-order valence-electron chi connectivity index (χ4n) is 2.61. The number of anilines is 1. The molecule has 0 bridgehead atoms. The highest BCUT2D eigenvalue weighted by Gasteiger charge is 2.31. The van der Waals surface area contributed by atoms with E-state index in [-0.39, 0.29) is 34.8 Å². The highest BCUT2D eigenvalue weighted by atomic mass is 32.2. The van der Waals surface area contributed by atoms with E-state index in [0.29, 0.717) is 6.54 Å². The molecule has 1 fully saturated rings. The summed E-state index contributed by atoms with van der Waals surface area (Å²) in [6.07, 6.45) is 1.80. The molecule has 1 unspecified atom stereocenters. The lowest BCUT2D eigenvalue weighted by atomic mass is 10.1. The third-order valence-corrected chi connectivity index (χ3v) is 5.09. The number of hydrogen-bond donors (Lipinski definition) is 0. The molecule has 0 aromatic heterocycles. The molecule has 0 aliphatic carbocycles. The Labute approximate surface area is 134 Å².